The van der Waals surface area contributed by atoms with E-state index in [1.165, 1.54) is 18.2 Å². The minimum atomic E-state index is -3.83. The number of para-hydroxylation sites is 1. The minimum Gasteiger partial charge on any atom is -0.324 e. The van der Waals surface area contributed by atoms with Gasteiger partial charge in [0.2, 0.25) is 15.9 Å². The van der Waals surface area contributed by atoms with Crippen molar-refractivity contribution in [3.63, 3.8) is 0 Å². The maximum absolute atomic E-state index is 12.6. The minimum absolute atomic E-state index is 0.0614. The summed E-state index contributed by atoms with van der Waals surface area (Å²) in [6, 6.07) is 10.9. The molecule has 150 valence electrons. The zero-order valence-electron chi connectivity index (χ0n) is 16.0. The Hall–Kier alpha value is -2.94. The number of benzene rings is 2. The van der Waals surface area contributed by atoms with Gasteiger partial charge in [-0.2, -0.15) is 0 Å². The monoisotopic (exact) mass is 405 g/mol. The van der Waals surface area contributed by atoms with Crippen LogP contribution in [0.1, 0.15) is 25.0 Å². The van der Waals surface area contributed by atoms with Crippen molar-refractivity contribution in [1.82, 2.24) is 0 Å². The van der Waals surface area contributed by atoms with Gasteiger partial charge in [-0.3, -0.25) is 19.2 Å². The molecule has 0 aliphatic carbocycles. The van der Waals surface area contributed by atoms with E-state index in [1.54, 1.807) is 0 Å². The van der Waals surface area contributed by atoms with Gasteiger partial charge in [-0.25, -0.2) is 8.42 Å². The van der Waals surface area contributed by atoms with Crippen LogP contribution in [0.25, 0.3) is 0 Å². The van der Waals surface area contributed by atoms with Gasteiger partial charge in [-0.15, -0.1) is 0 Å². The van der Waals surface area contributed by atoms with E-state index in [4.69, 9.17) is 0 Å². The average Bonchev–Trinajstić information content (AvgIpc) is 2.65. The normalized spacial score (nSPS) is 11.1. The highest BCUT2D eigenvalue weighted by molar-refractivity contribution is 7.92. The number of non-ortho nitro benzene ring substituents is 1. The van der Waals surface area contributed by atoms with E-state index in [0.717, 1.165) is 27.8 Å². The van der Waals surface area contributed by atoms with Crippen molar-refractivity contribution in [2.24, 2.45) is 0 Å². The largest absolute Gasteiger partial charge is 0.324 e. The van der Waals surface area contributed by atoms with Crippen molar-refractivity contribution in [2.45, 2.75) is 26.7 Å². The number of anilines is 2. The topological polar surface area (TPSA) is 110 Å². The molecule has 2 aromatic carbocycles. The number of sulfonamides is 1. The van der Waals surface area contributed by atoms with Crippen molar-refractivity contribution in [3.05, 3.63) is 63.7 Å². The van der Waals surface area contributed by atoms with Gasteiger partial charge < -0.3 is 5.32 Å². The summed E-state index contributed by atoms with van der Waals surface area (Å²) in [5.41, 5.74) is 2.40. The summed E-state index contributed by atoms with van der Waals surface area (Å²) in [5.74, 6) is -0.521. The van der Waals surface area contributed by atoms with Crippen LogP contribution < -0.4 is 9.62 Å². The Morgan fingerprint density at radius 2 is 1.68 bits per heavy atom. The molecule has 0 aliphatic rings. The zero-order chi connectivity index (χ0) is 20.9. The summed E-state index contributed by atoms with van der Waals surface area (Å²) in [4.78, 5) is 23.0. The lowest BCUT2D eigenvalue weighted by Crippen LogP contribution is -2.37. The van der Waals surface area contributed by atoms with Gasteiger partial charge in [0, 0.05) is 17.8 Å². The quantitative estimate of drug-likeness (QED) is 0.536. The van der Waals surface area contributed by atoms with E-state index >= 15 is 0 Å². The molecule has 1 N–H and O–H groups in total. The van der Waals surface area contributed by atoms with Gasteiger partial charge in [0.1, 0.15) is 6.54 Å². The summed E-state index contributed by atoms with van der Waals surface area (Å²) < 4.78 is 25.3. The lowest BCUT2D eigenvalue weighted by Gasteiger charge is -2.22. The number of aryl methyl sites for hydroxylation is 2. The highest BCUT2D eigenvalue weighted by atomic mass is 32.2. The first-order chi connectivity index (χ1) is 13.2. The Labute approximate surface area is 164 Å². The molecule has 2 aromatic rings. The second-order valence-corrected chi connectivity index (χ2v) is 8.16. The lowest BCUT2D eigenvalue weighted by atomic mass is 10.0. The predicted molar refractivity (Wildman–Crippen MR) is 109 cm³/mol. The van der Waals surface area contributed by atoms with Crippen LogP contribution in [0, 0.1) is 10.1 Å². The SMILES string of the molecule is CCc1cccc(CC)c1NC(=O)CN(c1cccc([N+](=O)[O-])c1)S(C)(=O)=O. The van der Waals surface area contributed by atoms with Crippen LogP contribution in [0.2, 0.25) is 0 Å². The van der Waals surface area contributed by atoms with E-state index in [1.807, 2.05) is 32.0 Å². The summed E-state index contributed by atoms with van der Waals surface area (Å²) >= 11 is 0. The van der Waals surface area contributed by atoms with Gasteiger partial charge in [0.05, 0.1) is 16.9 Å². The number of hydrogen-bond donors (Lipinski definition) is 1. The molecular formula is C19H23N3O5S. The molecule has 2 rings (SSSR count). The molecule has 1 amide bonds. The lowest BCUT2D eigenvalue weighted by molar-refractivity contribution is -0.384. The molecule has 0 saturated carbocycles. The Morgan fingerprint density at radius 1 is 1.11 bits per heavy atom. The fourth-order valence-electron chi connectivity index (χ4n) is 2.87. The molecule has 0 saturated heterocycles. The highest BCUT2D eigenvalue weighted by Crippen LogP contribution is 2.25. The molecule has 0 radical (unpaired) electrons. The summed E-state index contributed by atoms with van der Waals surface area (Å²) in [5, 5.41) is 13.8. The number of carbonyl (C=O) groups excluding carboxylic acids is 1. The van der Waals surface area contributed by atoms with E-state index in [-0.39, 0.29) is 11.4 Å². The number of hydrogen-bond acceptors (Lipinski definition) is 5. The fraction of sp³-hybridized carbons (Fsp3) is 0.316. The van der Waals surface area contributed by atoms with E-state index < -0.39 is 27.4 Å². The van der Waals surface area contributed by atoms with Crippen LogP contribution in [-0.2, 0) is 27.7 Å². The number of nitro benzene ring substituents is 1. The van der Waals surface area contributed by atoms with E-state index in [2.05, 4.69) is 5.32 Å². The highest BCUT2D eigenvalue weighted by Gasteiger charge is 2.23. The van der Waals surface area contributed by atoms with Crippen molar-refractivity contribution < 1.29 is 18.1 Å². The number of carbonyl (C=O) groups is 1. The predicted octanol–water partition coefficient (Wildman–Crippen LogP) is 3.12. The third kappa shape index (κ3) is 5.07. The first-order valence-electron chi connectivity index (χ1n) is 8.80. The molecule has 0 aromatic heterocycles. The fourth-order valence-corrected chi connectivity index (χ4v) is 3.72. The van der Waals surface area contributed by atoms with Gasteiger partial charge >= 0.3 is 0 Å². The molecule has 0 unspecified atom stereocenters. The van der Waals surface area contributed by atoms with Crippen molar-refractivity contribution in [1.29, 1.82) is 0 Å². The first kappa shape index (κ1) is 21.4. The van der Waals surface area contributed by atoms with Crippen LogP contribution >= 0.6 is 0 Å². The Balaban J connectivity index is 2.34. The molecule has 0 spiro atoms. The molecule has 9 heteroatoms. The Morgan fingerprint density at radius 3 is 2.18 bits per heavy atom. The second-order valence-electron chi connectivity index (χ2n) is 6.25. The third-order valence-electron chi connectivity index (χ3n) is 4.28. The molecule has 8 nitrogen and oxygen atoms in total. The summed E-state index contributed by atoms with van der Waals surface area (Å²) in [7, 11) is -3.83. The van der Waals surface area contributed by atoms with E-state index in [9.17, 15) is 23.3 Å². The van der Waals surface area contributed by atoms with Gasteiger partial charge in [-0.05, 0) is 30.0 Å². The Kier molecular flexibility index (Phi) is 6.74. The number of nitrogens with zero attached hydrogens (tertiary/aromatic N) is 2. The van der Waals surface area contributed by atoms with Crippen molar-refractivity contribution >= 4 is 33.0 Å². The summed E-state index contributed by atoms with van der Waals surface area (Å²) in [6.45, 7) is 3.45. The van der Waals surface area contributed by atoms with Gasteiger partial charge in [-0.1, -0.05) is 38.1 Å². The van der Waals surface area contributed by atoms with Crippen LogP contribution in [-0.4, -0.2) is 32.0 Å². The van der Waals surface area contributed by atoms with Crippen LogP contribution in [0.5, 0.6) is 0 Å². The maximum atomic E-state index is 12.6. The maximum Gasteiger partial charge on any atom is 0.271 e. The molecule has 0 fully saturated rings. The molecule has 0 bridgehead atoms. The Bertz CT molecular complexity index is 967. The van der Waals surface area contributed by atoms with Crippen LogP contribution in [0.3, 0.4) is 0 Å². The third-order valence-corrected chi connectivity index (χ3v) is 5.42. The molecule has 0 atom stereocenters. The molecule has 0 aliphatic heterocycles. The number of nitro groups is 1. The van der Waals surface area contributed by atoms with Crippen molar-refractivity contribution in [3.8, 4) is 0 Å². The average molecular weight is 405 g/mol. The number of nitrogens with one attached hydrogen (secondary N) is 1. The second kappa shape index (κ2) is 8.83. The number of amides is 1. The zero-order valence-corrected chi connectivity index (χ0v) is 16.8. The van der Waals surface area contributed by atoms with Gasteiger partial charge in [0.25, 0.3) is 5.69 Å². The number of rotatable bonds is 8. The smallest absolute Gasteiger partial charge is 0.271 e. The summed E-state index contributed by atoms with van der Waals surface area (Å²) in [6.07, 6.45) is 2.38. The standard InChI is InChI=1S/C19H23N3O5S/c1-4-14-8-6-9-15(5-2)19(14)20-18(23)13-21(28(3,26)27)16-10-7-11-17(12-16)22(24)25/h6-12H,4-5,13H2,1-3H3,(H,20,23). The molecule has 28 heavy (non-hydrogen) atoms. The van der Waals surface area contributed by atoms with Crippen LogP contribution in [0.4, 0.5) is 17.1 Å². The molecule has 0 heterocycles. The van der Waals surface area contributed by atoms with E-state index in [0.29, 0.717) is 18.5 Å². The van der Waals surface area contributed by atoms with Crippen LogP contribution in [0.15, 0.2) is 42.5 Å². The molecular weight excluding hydrogens is 382 g/mol. The first-order valence-corrected chi connectivity index (χ1v) is 10.6. The van der Waals surface area contributed by atoms with Crippen molar-refractivity contribution in [2.75, 3.05) is 22.4 Å². The van der Waals surface area contributed by atoms with Gasteiger partial charge in [0.15, 0.2) is 0 Å².